The topological polar surface area (TPSA) is 101 Å². The van der Waals surface area contributed by atoms with Gasteiger partial charge < -0.3 is 16.3 Å². The fourth-order valence-corrected chi connectivity index (χ4v) is 1.56. The Kier molecular flexibility index (Phi) is 4.65. The zero-order valence-electron chi connectivity index (χ0n) is 10.7. The maximum atomic E-state index is 12.0. The van der Waals surface area contributed by atoms with Crippen LogP contribution in [-0.4, -0.2) is 28.0 Å². The van der Waals surface area contributed by atoms with Crippen LogP contribution in [0, 0.1) is 12.8 Å². The Morgan fingerprint density at radius 3 is 2.72 bits per heavy atom. The highest BCUT2D eigenvalue weighted by atomic mass is 16.4. The van der Waals surface area contributed by atoms with Gasteiger partial charge in [0.2, 0.25) is 0 Å². The molecule has 0 aliphatic heterocycles. The lowest BCUT2D eigenvalue weighted by Gasteiger charge is -2.20. The summed E-state index contributed by atoms with van der Waals surface area (Å²) >= 11 is 0. The van der Waals surface area contributed by atoms with Crippen LogP contribution >= 0.6 is 0 Å². The number of nitrogens with two attached hydrogens (primary N) is 1. The number of nitrogens with one attached hydrogen (secondary N) is 1. The number of rotatable bonds is 4. The van der Waals surface area contributed by atoms with E-state index in [-0.39, 0.29) is 17.7 Å². The van der Waals surface area contributed by atoms with E-state index >= 15 is 0 Å². The van der Waals surface area contributed by atoms with Gasteiger partial charge in [0.15, 0.2) is 5.84 Å². The molecule has 1 heterocycles. The molecule has 1 amide bonds. The summed E-state index contributed by atoms with van der Waals surface area (Å²) in [7, 11) is 0. The normalized spacial score (nSPS) is 13.4. The molecular formula is C12H18N4O2. The van der Waals surface area contributed by atoms with Gasteiger partial charge in [0.05, 0.1) is 6.04 Å². The van der Waals surface area contributed by atoms with Crippen molar-refractivity contribution in [3.8, 4) is 0 Å². The lowest BCUT2D eigenvalue weighted by Crippen LogP contribution is -2.47. The third-order valence-electron chi connectivity index (χ3n) is 2.55. The number of carbonyl (C=O) groups is 1. The predicted octanol–water partition coefficient (Wildman–Crippen LogP) is 0.891. The number of hydrogen-bond acceptors (Lipinski definition) is 4. The summed E-state index contributed by atoms with van der Waals surface area (Å²) in [4.78, 5) is 16.0. The molecule has 6 nitrogen and oxygen atoms in total. The van der Waals surface area contributed by atoms with Gasteiger partial charge in [0.25, 0.3) is 5.91 Å². The van der Waals surface area contributed by atoms with Crippen LogP contribution in [0.3, 0.4) is 0 Å². The van der Waals surface area contributed by atoms with Gasteiger partial charge >= 0.3 is 0 Å². The summed E-state index contributed by atoms with van der Waals surface area (Å²) in [5.41, 5.74) is 6.80. The summed E-state index contributed by atoms with van der Waals surface area (Å²) in [5.74, 6) is -0.261. The van der Waals surface area contributed by atoms with Crippen molar-refractivity contribution < 1.29 is 10.0 Å². The van der Waals surface area contributed by atoms with Crippen LogP contribution < -0.4 is 11.1 Å². The minimum absolute atomic E-state index is 0.0101. The second-order valence-corrected chi connectivity index (χ2v) is 4.41. The lowest BCUT2D eigenvalue weighted by atomic mass is 10.0. The molecule has 0 radical (unpaired) electrons. The fraction of sp³-hybridized carbons (Fsp3) is 0.417. The quantitative estimate of drug-likeness (QED) is 0.320. The number of pyridine rings is 1. The first-order chi connectivity index (χ1) is 8.45. The summed E-state index contributed by atoms with van der Waals surface area (Å²) in [5, 5.41) is 14.4. The van der Waals surface area contributed by atoms with Crippen LogP contribution in [0.5, 0.6) is 0 Å². The summed E-state index contributed by atoms with van der Waals surface area (Å²) in [6.07, 6.45) is 1.57. The zero-order valence-corrected chi connectivity index (χ0v) is 10.7. The summed E-state index contributed by atoms with van der Waals surface area (Å²) in [6.45, 7) is 5.56. The van der Waals surface area contributed by atoms with Crippen molar-refractivity contribution in [1.29, 1.82) is 0 Å². The molecule has 18 heavy (non-hydrogen) atoms. The molecule has 4 N–H and O–H groups in total. The van der Waals surface area contributed by atoms with Crippen LogP contribution in [-0.2, 0) is 0 Å². The maximum absolute atomic E-state index is 12.0. The molecule has 0 bridgehead atoms. The van der Waals surface area contributed by atoms with Gasteiger partial charge in [-0.3, -0.25) is 9.78 Å². The molecule has 1 atom stereocenters. The van der Waals surface area contributed by atoms with Crippen LogP contribution in [0.4, 0.5) is 0 Å². The van der Waals surface area contributed by atoms with Crippen molar-refractivity contribution in [1.82, 2.24) is 10.3 Å². The summed E-state index contributed by atoms with van der Waals surface area (Å²) < 4.78 is 0. The third kappa shape index (κ3) is 3.44. The van der Waals surface area contributed by atoms with Gasteiger partial charge in [-0.15, -0.1) is 0 Å². The van der Waals surface area contributed by atoms with Crippen molar-refractivity contribution >= 4 is 11.7 Å². The van der Waals surface area contributed by atoms with Crippen molar-refractivity contribution in [2.45, 2.75) is 26.8 Å². The van der Waals surface area contributed by atoms with E-state index in [1.807, 2.05) is 13.8 Å². The van der Waals surface area contributed by atoms with Gasteiger partial charge in [0.1, 0.15) is 0 Å². The highest BCUT2D eigenvalue weighted by Gasteiger charge is 2.21. The monoisotopic (exact) mass is 250 g/mol. The molecule has 0 saturated heterocycles. The van der Waals surface area contributed by atoms with Gasteiger partial charge in [-0.05, 0) is 25.0 Å². The molecule has 0 saturated carbocycles. The average molecular weight is 250 g/mol. The fourth-order valence-electron chi connectivity index (χ4n) is 1.56. The van der Waals surface area contributed by atoms with E-state index in [1.165, 1.54) is 0 Å². The maximum Gasteiger partial charge on any atom is 0.252 e. The van der Waals surface area contributed by atoms with Crippen LogP contribution in [0.15, 0.2) is 23.5 Å². The molecule has 1 rings (SSSR count). The number of oxime groups is 1. The Bertz CT molecular complexity index is 457. The smallest absolute Gasteiger partial charge is 0.252 e. The van der Waals surface area contributed by atoms with Gasteiger partial charge in [0, 0.05) is 17.5 Å². The number of aryl methyl sites for hydroxylation is 1. The zero-order chi connectivity index (χ0) is 13.7. The SMILES string of the molecule is Cc1cc(C(=O)NC(/C(N)=N/O)C(C)C)ccn1. The highest BCUT2D eigenvalue weighted by Crippen LogP contribution is 2.05. The molecule has 1 aromatic heterocycles. The van der Waals surface area contributed by atoms with E-state index in [4.69, 9.17) is 10.9 Å². The van der Waals surface area contributed by atoms with E-state index in [0.717, 1.165) is 5.69 Å². The minimum Gasteiger partial charge on any atom is -0.409 e. The molecule has 0 aliphatic rings. The highest BCUT2D eigenvalue weighted by molar-refractivity contribution is 5.98. The Morgan fingerprint density at radius 2 is 2.22 bits per heavy atom. The molecule has 0 aromatic carbocycles. The first-order valence-corrected chi connectivity index (χ1v) is 5.66. The molecule has 98 valence electrons. The van der Waals surface area contributed by atoms with Gasteiger partial charge in [-0.2, -0.15) is 0 Å². The largest absolute Gasteiger partial charge is 0.409 e. The molecule has 0 spiro atoms. The Hall–Kier alpha value is -2.11. The number of amides is 1. The molecule has 0 aliphatic carbocycles. The average Bonchev–Trinajstić information content (AvgIpc) is 2.34. The van der Waals surface area contributed by atoms with Crippen LogP contribution in [0.1, 0.15) is 29.9 Å². The van der Waals surface area contributed by atoms with Crippen molar-refractivity contribution in [2.75, 3.05) is 0 Å². The van der Waals surface area contributed by atoms with E-state index in [9.17, 15) is 4.79 Å². The number of aromatic nitrogens is 1. The second kappa shape index (κ2) is 6.00. The van der Waals surface area contributed by atoms with Crippen molar-refractivity contribution in [2.24, 2.45) is 16.8 Å². The van der Waals surface area contributed by atoms with Crippen molar-refractivity contribution in [3.63, 3.8) is 0 Å². The molecule has 1 aromatic rings. The van der Waals surface area contributed by atoms with E-state index in [1.54, 1.807) is 25.3 Å². The molecule has 0 fully saturated rings. The van der Waals surface area contributed by atoms with Gasteiger partial charge in [-0.1, -0.05) is 19.0 Å². The lowest BCUT2D eigenvalue weighted by molar-refractivity contribution is 0.0938. The molecule has 6 heteroatoms. The first-order valence-electron chi connectivity index (χ1n) is 5.66. The van der Waals surface area contributed by atoms with E-state index in [0.29, 0.717) is 5.56 Å². The number of carbonyl (C=O) groups excluding carboxylic acids is 1. The number of nitrogens with zero attached hydrogens (tertiary/aromatic N) is 2. The molecule has 1 unspecified atom stereocenters. The number of hydrogen-bond donors (Lipinski definition) is 3. The first kappa shape index (κ1) is 14.0. The summed E-state index contributed by atoms with van der Waals surface area (Å²) in [6, 6.07) is 2.79. The van der Waals surface area contributed by atoms with Crippen LogP contribution in [0.2, 0.25) is 0 Å². The number of amidine groups is 1. The van der Waals surface area contributed by atoms with Crippen LogP contribution in [0.25, 0.3) is 0 Å². The predicted molar refractivity (Wildman–Crippen MR) is 68.5 cm³/mol. The van der Waals surface area contributed by atoms with Crippen molar-refractivity contribution in [3.05, 3.63) is 29.6 Å². The Labute approximate surface area is 106 Å². The minimum atomic E-state index is -0.504. The van der Waals surface area contributed by atoms with E-state index < -0.39 is 6.04 Å². The Balaban J connectivity index is 2.85. The standard InChI is InChI=1S/C12H18N4O2/c1-7(2)10(11(13)16-18)15-12(17)9-4-5-14-8(3)6-9/h4-7,10,18H,1-3H3,(H2,13,16)(H,15,17). The van der Waals surface area contributed by atoms with E-state index in [2.05, 4.69) is 15.5 Å². The molecular weight excluding hydrogens is 232 g/mol. The Morgan fingerprint density at radius 1 is 1.56 bits per heavy atom. The van der Waals surface area contributed by atoms with Gasteiger partial charge in [-0.25, -0.2) is 0 Å². The third-order valence-corrected chi connectivity index (χ3v) is 2.55. The second-order valence-electron chi connectivity index (χ2n) is 4.41.